The zero-order chi connectivity index (χ0) is 14.3. The van der Waals surface area contributed by atoms with Crippen LogP contribution in [0.15, 0.2) is 24.3 Å². The fraction of sp³-hybridized carbons (Fsp3) is 0.471. The number of aromatic amines is 1. The van der Waals surface area contributed by atoms with Crippen LogP contribution in [0.25, 0.3) is 10.9 Å². The van der Waals surface area contributed by atoms with Gasteiger partial charge in [-0.2, -0.15) is 5.26 Å². The molecule has 0 amide bonds. The molecule has 2 saturated heterocycles. The molecule has 0 aliphatic carbocycles. The van der Waals surface area contributed by atoms with Gasteiger partial charge < -0.3 is 10.3 Å². The third kappa shape index (κ3) is 2.33. The van der Waals surface area contributed by atoms with Gasteiger partial charge >= 0.3 is 0 Å². The maximum atomic E-state index is 8.95. The molecule has 0 radical (unpaired) electrons. The topological polar surface area (TPSA) is 54.9 Å². The molecule has 4 heteroatoms. The molecule has 1 spiro atoms. The van der Waals surface area contributed by atoms with Gasteiger partial charge in [-0.05, 0) is 55.1 Å². The van der Waals surface area contributed by atoms with Crippen molar-refractivity contribution in [2.75, 3.05) is 26.2 Å². The van der Waals surface area contributed by atoms with Gasteiger partial charge in [-0.25, -0.2) is 0 Å². The molecule has 4 nitrogen and oxygen atoms in total. The van der Waals surface area contributed by atoms with E-state index in [1.54, 1.807) is 0 Å². The van der Waals surface area contributed by atoms with Crippen LogP contribution in [0.3, 0.4) is 0 Å². The Labute approximate surface area is 124 Å². The van der Waals surface area contributed by atoms with E-state index in [4.69, 9.17) is 5.26 Å². The molecule has 4 rings (SSSR count). The van der Waals surface area contributed by atoms with Crippen LogP contribution < -0.4 is 5.32 Å². The average Bonchev–Trinajstić information content (AvgIpc) is 2.89. The number of likely N-dealkylation sites (tertiary alicyclic amines) is 1. The first-order chi connectivity index (χ1) is 10.3. The second-order valence-corrected chi connectivity index (χ2v) is 6.60. The summed E-state index contributed by atoms with van der Waals surface area (Å²) in [6.07, 6.45) is 2.65. The molecule has 2 aliphatic heterocycles. The largest absolute Gasteiger partial charge is 0.346 e. The SMILES string of the molecule is N#Cc1cc2cc(CN3CCC4(CC3)CNC4)ccc2[nH]1. The predicted molar refractivity (Wildman–Crippen MR) is 82.8 cm³/mol. The van der Waals surface area contributed by atoms with Crippen molar-refractivity contribution in [2.45, 2.75) is 19.4 Å². The van der Waals surface area contributed by atoms with Crippen molar-refractivity contribution in [3.05, 3.63) is 35.5 Å². The molecule has 2 aliphatic rings. The average molecular weight is 280 g/mol. The molecular weight excluding hydrogens is 260 g/mol. The van der Waals surface area contributed by atoms with Gasteiger partial charge in [0.25, 0.3) is 0 Å². The lowest BCUT2D eigenvalue weighted by molar-refractivity contribution is 0.0520. The van der Waals surface area contributed by atoms with E-state index >= 15 is 0 Å². The number of aromatic nitrogens is 1. The number of nitrogens with zero attached hydrogens (tertiary/aromatic N) is 2. The van der Waals surface area contributed by atoms with Gasteiger partial charge in [0.05, 0.1) is 0 Å². The summed E-state index contributed by atoms with van der Waals surface area (Å²) in [5, 5.41) is 13.5. The van der Waals surface area contributed by atoms with Crippen LogP contribution in [0.2, 0.25) is 0 Å². The van der Waals surface area contributed by atoms with E-state index < -0.39 is 0 Å². The zero-order valence-corrected chi connectivity index (χ0v) is 12.2. The Morgan fingerprint density at radius 2 is 2.00 bits per heavy atom. The smallest absolute Gasteiger partial charge is 0.118 e. The fourth-order valence-corrected chi connectivity index (χ4v) is 3.62. The minimum Gasteiger partial charge on any atom is -0.346 e. The van der Waals surface area contributed by atoms with Crippen molar-refractivity contribution in [3.8, 4) is 6.07 Å². The van der Waals surface area contributed by atoms with Crippen LogP contribution in [-0.4, -0.2) is 36.1 Å². The van der Waals surface area contributed by atoms with Crippen molar-refractivity contribution < 1.29 is 0 Å². The normalized spacial score (nSPS) is 21.3. The molecule has 0 unspecified atom stereocenters. The van der Waals surface area contributed by atoms with Crippen LogP contribution in [0, 0.1) is 16.7 Å². The Morgan fingerprint density at radius 3 is 2.67 bits per heavy atom. The van der Waals surface area contributed by atoms with E-state index in [9.17, 15) is 0 Å². The third-order valence-corrected chi connectivity index (χ3v) is 5.13. The lowest BCUT2D eigenvalue weighted by Gasteiger charge is -2.48. The van der Waals surface area contributed by atoms with E-state index in [-0.39, 0.29) is 0 Å². The number of benzene rings is 1. The maximum Gasteiger partial charge on any atom is 0.118 e. The Morgan fingerprint density at radius 1 is 1.19 bits per heavy atom. The van der Waals surface area contributed by atoms with Gasteiger partial charge in [0.1, 0.15) is 11.8 Å². The minimum atomic E-state index is 0.614. The van der Waals surface area contributed by atoms with Gasteiger partial charge in [0.2, 0.25) is 0 Å². The molecule has 108 valence electrons. The van der Waals surface area contributed by atoms with Crippen molar-refractivity contribution >= 4 is 10.9 Å². The Bertz CT molecular complexity index is 695. The van der Waals surface area contributed by atoms with Crippen LogP contribution >= 0.6 is 0 Å². The highest BCUT2D eigenvalue weighted by Crippen LogP contribution is 2.35. The molecule has 1 aromatic carbocycles. The van der Waals surface area contributed by atoms with E-state index in [2.05, 4.69) is 39.5 Å². The molecule has 0 atom stereocenters. The van der Waals surface area contributed by atoms with Gasteiger partial charge in [0.15, 0.2) is 0 Å². The van der Waals surface area contributed by atoms with Gasteiger partial charge in [-0.15, -0.1) is 0 Å². The van der Waals surface area contributed by atoms with Crippen LogP contribution in [0.4, 0.5) is 0 Å². The monoisotopic (exact) mass is 280 g/mol. The number of hydrogen-bond acceptors (Lipinski definition) is 3. The standard InChI is InChI=1S/C17H20N4/c18-9-15-8-14-7-13(1-2-16(14)20-15)10-21-5-3-17(4-6-21)11-19-12-17/h1-2,7-8,19-20H,3-6,10-12H2. The molecule has 1 aromatic heterocycles. The van der Waals surface area contributed by atoms with E-state index in [1.165, 1.54) is 44.6 Å². The molecule has 0 bridgehead atoms. The van der Waals surface area contributed by atoms with E-state index in [1.807, 2.05) is 6.07 Å². The van der Waals surface area contributed by atoms with Crippen molar-refractivity contribution in [3.63, 3.8) is 0 Å². The van der Waals surface area contributed by atoms with Crippen molar-refractivity contribution in [1.29, 1.82) is 5.26 Å². The first-order valence-electron chi connectivity index (χ1n) is 7.71. The Hall–Kier alpha value is -1.83. The Kier molecular flexibility index (Phi) is 2.99. The highest BCUT2D eigenvalue weighted by molar-refractivity contribution is 5.81. The summed E-state index contributed by atoms with van der Waals surface area (Å²) in [6.45, 7) is 5.86. The number of nitriles is 1. The van der Waals surface area contributed by atoms with Crippen LogP contribution in [0.5, 0.6) is 0 Å². The van der Waals surface area contributed by atoms with Crippen LogP contribution in [0.1, 0.15) is 24.1 Å². The minimum absolute atomic E-state index is 0.614. The number of H-pyrrole nitrogens is 1. The summed E-state index contributed by atoms with van der Waals surface area (Å²) in [7, 11) is 0. The second kappa shape index (κ2) is 4.87. The molecular formula is C17H20N4. The van der Waals surface area contributed by atoms with Gasteiger partial charge in [-0.1, -0.05) is 6.07 Å². The molecule has 2 N–H and O–H groups in total. The van der Waals surface area contributed by atoms with Crippen molar-refractivity contribution in [2.24, 2.45) is 5.41 Å². The summed E-state index contributed by atoms with van der Waals surface area (Å²) >= 11 is 0. The first kappa shape index (κ1) is 12.9. The molecule has 0 saturated carbocycles. The van der Waals surface area contributed by atoms with Gasteiger partial charge in [0, 0.05) is 30.5 Å². The summed E-state index contributed by atoms with van der Waals surface area (Å²) in [5.41, 5.74) is 3.64. The highest BCUT2D eigenvalue weighted by Gasteiger charge is 2.39. The number of nitrogens with one attached hydrogen (secondary N) is 2. The number of fused-ring (bicyclic) bond motifs is 1. The second-order valence-electron chi connectivity index (χ2n) is 6.60. The van der Waals surface area contributed by atoms with E-state index in [0.717, 1.165) is 17.4 Å². The lowest BCUT2D eigenvalue weighted by atomic mass is 9.73. The number of hydrogen-bond donors (Lipinski definition) is 2. The highest BCUT2D eigenvalue weighted by atomic mass is 15.1. The summed E-state index contributed by atoms with van der Waals surface area (Å²) in [5.74, 6) is 0. The summed E-state index contributed by atoms with van der Waals surface area (Å²) in [6, 6.07) is 10.6. The summed E-state index contributed by atoms with van der Waals surface area (Å²) in [4.78, 5) is 5.68. The number of rotatable bonds is 2. The molecule has 2 aromatic rings. The lowest BCUT2D eigenvalue weighted by Crippen LogP contribution is -2.58. The summed E-state index contributed by atoms with van der Waals surface area (Å²) < 4.78 is 0. The third-order valence-electron chi connectivity index (χ3n) is 5.13. The molecule has 2 fully saturated rings. The van der Waals surface area contributed by atoms with Gasteiger partial charge in [-0.3, -0.25) is 4.90 Å². The quantitative estimate of drug-likeness (QED) is 0.887. The Balaban J connectivity index is 1.46. The zero-order valence-electron chi connectivity index (χ0n) is 12.2. The number of piperidine rings is 1. The predicted octanol–water partition coefficient (Wildman–Crippen LogP) is 2.22. The fourth-order valence-electron chi connectivity index (χ4n) is 3.62. The maximum absolute atomic E-state index is 8.95. The first-order valence-corrected chi connectivity index (χ1v) is 7.71. The molecule has 21 heavy (non-hydrogen) atoms. The van der Waals surface area contributed by atoms with E-state index in [0.29, 0.717) is 11.1 Å². The van der Waals surface area contributed by atoms with Crippen LogP contribution in [-0.2, 0) is 6.54 Å². The van der Waals surface area contributed by atoms with Crippen molar-refractivity contribution in [1.82, 2.24) is 15.2 Å². The molecule has 3 heterocycles.